The standard InChI is InChI=1S/C14H21NO4/c1-9-6-12(10(2)19-9)14(3,17)8-15-13(16)11-4-5-18-7-11/h6,11,17H,4-5,7-8H2,1-3H3,(H,15,16). The predicted molar refractivity (Wildman–Crippen MR) is 69.7 cm³/mol. The Kier molecular flexibility index (Phi) is 3.96. The van der Waals surface area contributed by atoms with E-state index < -0.39 is 5.60 Å². The minimum Gasteiger partial charge on any atom is -0.466 e. The van der Waals surface area contributed by atoms with Crippen LogP contribution >= 0.6 is 0 Å². The summed E-state index contributed by atoms with van der Waals surface area (Å²) < 4.78 is 10.6. The van der Waals surface area contributed by atoms with E-state index in [-0.39, 0.29) is 18.4 Å². The average molecular weight is 267 g/mol. The van der Waals surface area contributed by atoms with Crippen molar-refractivity contribution in [1.29, 1.82) is 0 Å². The molecule has 1 aliphatic rings. The Morgan fingerprint density at radius 1 is 1.58 bits per heavy atom. The molecule has 2 rings (SSSR count). The van der Waals surface area contributed by atoms with E-state index in [0.29, 0.717) is 24.5 Å². The number of furan rings is 1. The first-order valence-electron chi connectivity index (χ1n) is 6.55. The van der Waals surface area contributed by atoms with Gasteiger partial charge in [-0.05, 0) is 33.3 Å². The highest BCUT2D eigenvalue weighted by atomic mass is 16.5. The summed E-state index contributed by atoms with van der Waals surface area (Å²) in [6, 6.07) is 1.81. The molecular formula is C14H21NO4. The Labute approximate surface area is 112 Å². The molecule has 0 aromatic carbocycles. The molecule has 1 aromatic heterocycles. The van der Waals surface area contributed by atoms with Gasteiger partial charge in [-0.2, -0.15) is 0 Å². The van der Waals surface area contributed by atoms with E-state index >= 15 is 0 Å². The third-order valence-electron chi connectivity index (χ3n) is 3.53. The van der Waals surface area contributed by atoms with Crippen molar-refractivity contribution in [2.75, 3.05) is 19.8 Å². The second kappa shape index (κ2) is 5.35. The van der Waals surface area contributed by atoms with Crippen molar-refractivity contribution in [1.82, 2.24) is 5.32 Å². The highest BCUT2D eigenvalue weighted by Gasteiger charge is 2.30. The normalized spacial score (nSPS) is 22.2. The molecule has 0 bridgehead atoms. The number of aliphatic hydroxyl groups is 1. The Morgan fingerprint density at radius 2 is 2.32 bits per heavy atom. The fourth-order valence-electron chi connectivity index (χ4n) is 2.41. The van der Waals surface area contributed by atoms with Gasteiger partial charge in [-0.3, -0.25) is 4.79 Å². The van der Waals surface area contributed by atoms with E-state index in [4.69, 9.17) is 9.15 Å². The van der Waals surface area contributed by atoms with E-state index in [0.717, 1.165) is 12.2 Å². The highest BCUT2D eigenvalue weighted by molar-refractivity contribution is 5.79. The molecule has 106 valence electrons. The summed E-state index contributed by atoms with van der Waals surface area (Å²) in [6.07, 6.45) is 0.748. The van der Waals surface area contributed by atoms with Crippen molar-refractivity contribution in [2.45, 2.75) is 32.8 Å². The van der Waals surface area contributed by atoms with Gasteiger partial charge in [0.1, 0.15) is 17.1 Å². The Morgan fingerprint density at radius 3 is 2.84 bits per heavy atom. The summed E-state index contributed by atoms with van der Waals surface area (Å²) >= 11 is 0. The molecule has 1 aliphatic heterocycles. The molecule has 1 amide bonds. The minimum absolute atomic E-state index is 0.0596. The highest BCUT2D eigenvalue weighted by Crippen LogP contribution is 2.26. The van der Waals surface area contributed by atoms with Crippen LogP contribution in [0.2, 0.25) is 0 Å². The molecule has 2 N–H and O–H groups in total. The number of rotatable bonds is 4. The Hall–Kier alpha value is -1.33. The van der Waals surface area contributed by atoms with Gasteiger partial charge in [0.15, 0.2) is 0 Å². The van der Waals surface area contributed by atoms with E-state index in [9.17, 15) is 9.90 Å². The molecule has 0 spiro atoms. The van der Waals surface area contributed by atoms with E-state index in [1.165, 1.54) is 0 Å². The van der Waals surface area contributed by atoms with Gasteiger partial charge in [-0.25, -0.2) is 0 Å². The van der Waals surface area contributed by atoms with Crippen LogP contribution in [0.4, 0.5) is 0 Å². The second-order valence-corrected chi connectivity index (χ2v) is 5.38. The molecule has 0 radical (unpaired) electrons. The number of hydrogen-bond acceptors (Lipinski definition) is 4. The number of carbonyl (C=O) groups excluding carboxylic acids is 1. The van der Waals surface area contributed by atoms with Crippen LogP contribution in [0, 0.1) is 19.8 Å². The van der Waals surface area contributed by atoms with Gasteiger partial charge in [-0.1, -0.05) is 0 Å². The number of hydrogen-bond donors (Lipinski definition) is 2. The number of amides is 1. The zero-order valence-corrected chi connectivity index (χ0v) is 11.7. The minimum atomic E-state index is -1.13. The first-order valence-corrected chi connectivity index (χ1v) is 6.55. The van der Waals surface area contributed by atoms with Crippen LogP contribution in [0.25, 0.3) is 0 Å². The van der Waals surface area contributed by atoms with Crippen molar-refractivity contribution in [3.8, 4) is 0 Å². The summed E-state index contributed by atoms with van der Waals surface area (Å²) in [5.41, 5.74) is -0.412. The van der Waals surface area contributed by atoms with Crippen LogP contribution in [-0.4, -0.2) is 30.8 Å². The Bertz CT molecular complexity index is 458. The molecule has 1 fully saturated rings. The molecule has 0 saturated carbocycles. The summed E-state index contributed by atoms with van der Waals surface area (Å²) in [5, 5.41) is 13.3. The third-order valence-corrected chi connectivity index (χ3v) is 3.53. The third kappa shape index (κ3) is 3.16. The van der Waals surface area contributed by atoms with Crippen molar-refractivity contribution in [3.63, 3.8) is 0 Å². The van der Waals surface area contributed by atoms with E-state index in [1.54, 1.807) is 13.0 Å². The first-order chi connectivity index (χ1) is 8.90. The summed E-state index contributed by atoms with van der Waals surface area (Å²) in [7, 11) is 0. The number of ether oxygens (including phenoxy) is 1. The molecule has 5 heteroatoms. The van der Waals surface area contributed by atoms with Crippen LogP contribution < -0.4 is 5.32 Å². The van der Waals surface area contributed by atoms with Crippen LogP contribution in [0.15, 0.2) is 10.5 Å². The second-order valence-electron chi connectivity index (χ2n) is 5.38. The molecule has 0 aliphatic carbocycles. The van der Waals surface area contributed by atoms with Crippen molar-refractivity contribution >= 4 is 5.91 Å². The molecular weight excluding hydrogens is 246 g/mol. The fourth-order valence-corrected chi connectivity index (χ4v) is 2.41. The summed E-state index contributed by atoms with van der Waals surface area (Å²) in [5.74, 6) is 1.28. The predicted octanol–water partition coefficient (Wildman–Crippen LogP) is 1.26. The topological polar surface area (TPSA) is 71.7 Å². The summed E-state index contributed by atoms with van der Waals surface area (Å²) in [6.45, 7) is 6.59. The molecule has 2 heterocycles. The zero-order valence-electron chi connectivity index (χ0n) is 11.7. The maximum absolute atomic E-state index is 11.9. The van der Waals surface area contributed by atoms with Gasteiger partial charge in [0.2, 0.25) is 5.91 Å². The average Bonchev–Trinajstić information content (AvgIpc) is 2.96. The smallest absolute Gasteiger partial charge is 0.225 e. The van der Waals surface area contributed by atoms with Gasteiger partial charge in [0, 0.05) is 12.2 Å². The first kappa shape index (κ1) is 14.1. The molecule has 5 nitrogen and oxygen atoms in total. The summed E-state index contributed by atoms with van der Waals surface area (Å²) in [4.78, 5) is 11.9. The number of carbonyl (C=O) groups is 1. The van der Waals surface area contributed by atoms with Crippen LogP contribution in [0.5, 0.6) is 0 Å². The molecule has 2 atom stereocenters. The van der Waals surface area contributed by atoms with Crippen LogP contribution in [0.1, 0.15) is 30.4 Å². The maximum atomic E-state index is 11.9. The largest absolute Gasteiger partial charge is 0.466 e. The van der Waals surface area contributed by atoms with Crippen molar-refractivity contribution in [3.05, 3.63) is 23.2 Å². The lowest BCUT2D eigenvalue weighted by Crippen LogP contribution is -2.41. The monoisotopic (exact) mass is 267 g/mol. The number of aryl methyl sites for hydroxylation is 2. The molecule has 19 heavy (non-hydrogen) atoms. The Balaban J connectivity index is 1.97. The van der Waals surface area contributed by atoms with Gasteiger partial charge in [0.05, 0.1) is 19.1 Å². The van der Waals surface area contributed by atoms with E-state index in [2.05, 4.69) is 5.32 Å². The van der Waals surface area contributed by atoms with Crippen LogP contribution in [0.3, 0.4) is 0 Å². The lowest BCUT2D eigenvalue weighted by molar-refractivity contribution is -0.126. The maximum Gasteiger partial charge on any atom is 0.225 e. The fraction of sp³-hybridized carbons (Fsp3) is 0.643. The molecule has 1 saturated heterocycles. The van der Waals surface area contributed by atoms with Gasteiger partial charge in [-0.15, -0.1) is 0 Å². The van der Waals surface area contributed by atoms with Crippen LogP contribution in [-0.2, 0) is 15.1 Å². The zero-order chi connectivity index (χ0) is 14.0. The molecule has 2 unspecified atom stereocenters. The van der Waals surface area contributed by atoms with Gasteiger partial charge < -0.3 is 19.6 Å². The van der Waals surface area contributed by atoms with Gasteiger partial charge in [0.25, 0.3) is 0 Å². The number of nitrogens with one attached hydrogen (secondary N) is 1. The quantitative estimate of drug-likeness (QED) is 0.861. The molecule has 1 aromatic rings. The lowest BCUT2D eigenvalue weighted by atomic mass is 9.96. The SMILES string of the molecule is Cc1cc(C(C)(O)CNC(=O)C2CCOC2)c(C)o1. The van der Waals surface area contributed by atoms with E-state index in [1.807, 2.05) is 13.8 Å². The lowest BCUT2D eigenvalue weighted by Gasteiger charge is -2.24. The van der Waals surface area contributed by atoms with Gasteiger partial charge >= 0.3 is 0 Å². The van der Waals surface area contributed by atoms with Crippen molar-refractivity contribution < 1.29 is 19.1 Å². The van der Waals surface area contributed by atoms with Crippen molar-refractivity contribution in [2.24, 2.45) is 5.92 Å².